The molecule has 0 bridgehead atoms. The summed E-state index contributed by atoms with van der Waals surface area (Å²) >= 11 is 0. The highest BCUT2D eigenvalue weighted by atomic mass is 16.1. The molecule has 0 spiro atoms. The molecule has 1 N–H and O–H groups in total. The third kappa shape index (κ3) is 4.63. The molecule has 28 heavy (non-hydrogen) atoms. The van der Waals surface area contributed by atoms with Crippen LogP contribution in [0.3, 0.4) is 0 Å². The maximum absolute atomic E-state index is 11.5. The molecule has 2 aromatic carbocycles. The molecule has 1 saturated heterocycles. The number of nitrogens with one attached hydrogen (secondary N) is 1. The zero-order valence-electron chi connectivity index (χ0n) is 16.7. The third-order valence-electron chi connectivity index (χ3n) is 5.69. The van der Waals surface area contributed by atoms with Gasteiger partial charge < -0.3 is 10.2 Å². The molecule has 0 unspecified atom stereocenters. The topological polar surface area (TPSA) is 35.6 Å². The second-order valence-corrected chi connectivity index (χ2v) is 7.82. The SMILES string of the molecule is Cc1cccc(N2CCN(CC/C=C/c3ccc4c(c3)CCC(=O)N4)CC2)c1. The third-order valence-corrected chi connectivity index (χ3v) is 5.69. The maximum Gasteiger partial charge on any atom is 0.224 e. The van der Waals surface area contributed by atoms with Crippen molar-refractivity contribution in [3.63, 3.8) is 0 Å². The number of amides is 1. The van der Waals surface area contributed by atoms with E-state index in [-0.39, 0.29) is 5.91 Å². The summed E-state index contributed by atoms with van der Waals surface area (Å²) in [5.41, 5.74) is 6.12. The Balaban J connectivity index is 1.23. The molecule has 1 fully saturated rings. The van der Waals surface area contributed by atoms with Crippen LogP contribution in [0.1, 0.15) is 29.5 Å². The summed E-state index contributed by atoms with van der Waals surface area (Å²) < 4.78 is 0. The Morgan fingerprint density at radius 1 is 1.04 bits per heavy atom. The molecule has 2 aliphatic rings. The molecule has 2 aliphatic heterocycles. The minimum atomic E-state index is 0.123. The first kappa shape index (κ1) is 18.8. The molecule has 0 aromatic heterocycles. The summed E-state index contributed by atoms with van der Waals surface area (Å²) in [7, 11) is 0. The summed E-state index contributed by atoms with van der Waals surface area (Å²) in [6.45, 7) is 7.72. The van der Waals surface area contributed by atoms with Crippen molar-refractivity contribution >= 4 is 23.4 Å². The fraction of sp³-hybridized carbons (Fsp3) is 0.375. The van der Waals surface area contributed by atoms with E-state index >= 15 is 0 Å². The summed E-state index contributed by atoms with van der Waals surface area (Å²) in [5, 5.41) is 2.94. The number of nitrogens with zero attached hydrogens (tertiary/aromatic N) is 2. The summed E-state index contributed by atoms with van der Waals surface area (Å²) in [6.07, 6.45) is 6.98. The van der Waals surface area contributed by atoms with Gasteiger partial charge in [-0.1, -0.05) is 30.4 Å². The number of aryl methyl sites for hydroxylation is 2. The van der Waals surface area contributed by atoms with Gasteiger partial charge in [-0.3, -0.25) is 9.69 Å². The van der Waals surface area contributed by atoms with Crippen molar-refractivity contribution in [2.75, 3.05) is 42.9 Å². The number of anilines is 2. The fourth-order valence-corrected chi connectivity index (χ4v) is 4.04. The first-order chi connectivity index (χ1) is 13.7. The normalized spacial score (nSPS) is 17.6. The Labute approximate surface area is 167 Å². The molecule has 0 radical (unpaired) electrons. The Morgan fingerprint density at radius 3 is 2.71 bits per heavy atom. The van der Waals surface area contributed by atoms with E-state index in [0.717, 1.165) is 51.3 Å². The number of hydrogen-bond donors (Lipinski definition) is 1. The maximum atomic E-state index is 11.5. The molecule has 4 heteroatoms. The molecule has 2 heterocycles. The number of carbonyl (C=O) groups excluding carboxylic acids is 1. The Bertz CT molecular complexity index is 866. The Hall–Kier alpha value is -2.59. The van der Waals surface area contributed by atoms with Gasteiger partial charge in [0.15, 0.2) is 0 Å². The average molecular weight is 376 g/mol. The fourth-order valence-electron chi connectivity index (χ4n) is 4.04. The van der Waals surface area contributed by atoms with Crippen LogP contribution < -0.4 is 10.2 Å². The number of fused-ring (bicyclic) bond motifs is 1. The molecule has 4 rings (SSSR count). The standard InChI is InChI=1S/C24H29N3O/c1-19-5-4-7-22(17-19)27-15-13-26(14-16-27)12-3-2-6-20-8-10-23-21(18-20)9-11-24(28)25-23/h2,4-8,10,17-18H,3,9,11-16H2,1H3,(H,25,28)/b6-2+. The Kier molecular flexibility index (Phi) is 5.77. The predicted molar refractivity (Wildman–Crippen MR) is 117 cm³/mol. The van der Waals surface area contributed by atoms with Crippen LogP contribution >= 0.6 is 0 Å². The van der Waals surface area contributed by atoms with Gasteiger partial charge in [-0.2, -0.15) is 0 Å². The van der Waals surface area contributed by atoms with Gasteiger partial charge in [-0.15, -0.1) is 0 Å². The average Bonchev–Trinajstić information content (AvgIpc) is 2.72. The van der Waals surface area contributed by atoms with Crippen LogP contribution in [0.2, 0.25) is 0 Å². The lowest BCUT2D eigenvalue weighted by Gasteiger charge is -2.36. The van der Waals surface area contributed by atoms with Crippen LogP contribution in [0.15, 0.2) is 48.5 Å². The number of carbonyl (C=O) groups is 1. The van der Waals surface area contributed by atoms with E-state index in [1.165, 1.54) is 22.4 Å². The van der Waals surface area contributed by atoms with Crippen LogP contribution in [0, 0.1) is 6.92 Å². The van der Waals surface area contributed by atoms with Gasteiger partial charge in [0.25, 0.3) is 0 Å². The molecule has 4 nitrogen and oxygen atoms in total. The molecule has 0 aliphatic carbocycles. The van der Waals surface area contributed by atoms with E-state index < -0.39 is 0 Å². The highest BCUT2D eigenvalue weighted by Crippen LogP contribution is 2.24. The minimum absolute atomic E-state index is 0.123. The Morgan fingerprint density at radius 2 is 1.89 bits per heavy atom. The van der Waals surface area contributed by atoms with Crippen molar-refractivity contribution < 1.29 is 4.79 Å². The summed E-state index contributed by atoms with van der Waals surface area (Å²) in [4.78, 5) is 16.5. The number of hydrogen-bond acceptors (Lipinski definition) is 3. The number of benzene rings is 2. The van der Waals surface area contributed by atoms with E-state index in [2.05, 4.69) is 70.6 Å². The van der Waals surface area contributed by atoms with E-state index in [1.54, 1.807) is 0 Å². The molecule has 1 amide bonds. The molecule has 0 saturated carbocycles. The first-order valence-electron chi connectivity index (χ1n) is 10.3. The zero-order chi connectivity index (χ0) is 19.3. The van der Waals surface area contributed by atoms with E-state index in [0.29, 0.717) is 6.42 Å². The molecular weight excluding hydrogens is 346 g/mol. The quantitative estimate of drug-likeness (QED) is 0.854. The second kappa shape index (κ2) is 8.61. The van der Waals surface area contributed by atoms with Crippen molar-refractivity contribution in [3.8, 4) is 0 Å². The van der Waals surface area contributed by atoms with Gasteiger partial charge in [-0.05, 0) is 60.7 Å². The highest BCUT2D eigenvalue weighted by Gasteiger charge is 2.16. The number of piperazine rings is 1. The van der Waals surface area contributed by atoms with Crippen LogP contribution in [0.5, 0.6) is 0 Å². The van der Waals surface area contributed by atoms with Crippen molar-refractivity contribution in [1.29, 1.82) is 0 Å². The van der Waals surface area contributed by atoms with Gasteiger partial charge in [0.05, 0.1) is 0 Å². The molecule has 2 aromatic rings. The molecular formula is C24H29N3O. The lowest BCUT2D eigenvalue weighted by molar-refractivity contribution is -0.116. The van der Waals surface area contributed by atoms with Crippen LogP contribution in [0.4, 0.5) is 11.4 Å². The van der Waals surface area contributed by atoms with E-state index in [9.17, 15) is 4.79 Å². The lowest BCUT2D eigenvalue weighted by atomic mass is 10.00. The first-order valence-corrected chi connectivity index (χ1v) is 10.3. The van der Waals surface area contributed by atoms with Crippen LogP contribution in [0.25, 0.3) is 6.08 Å². The second-order valence-electron chi connectivity index (χ2n) is 7.82. The van der Waals surface area contributed by atoms with E-state index in [4.69, 9.17) is 0 Å². The summed E-state index contributed by atoms with van der Waals surface area (Å²) in [6, 6.07) is 15.1. The lowest BCUT2D eigenvalue weighted by Crippen LogP contribution is -2.46. The van der Waals surface area contributed by atoms with Gasteiger partial charge in [-0.25, -0.2) is 0 Å². The highest BCUT2D eigenvalue weighted by molar-refractivity contribution is 5.94. The van der Waals surface area contributed by atoms with Gasteiger partial charge in [0, 0.05) is 50.5 Å². The zero-order valence-corrected chi connectivity index (χ0v) is 16.7. The van der Waals surface area contributed by atoms with Crippen molar-refractivity contribution in [2.45, 2.75) is 26.2 Å². The smallest absolute Gasteiger partial charge is 0.224 e. The molecule has 0 atom stereocenters. The van der Waals surface area contributed by atoms with Crippen LogP contribution in [-0.2, 0) is 11.2 Å². The van der Waals surface area contributed by atoms with Gasteiger partial charge >= 0.3 is 0 Å². The molecule has 146 valence electrons. The predicted octanol–water partition coefficient (Wildman–Crippen LogP) is 4.11. The van der Waals surface area contributed by atoms with Crippen molar-refractivity contribution in [1.82, 2.24) is 4.90 Å². The minimum Gasteiger partial charge on any atom is -0.369 e. The number of rotatable bonds is 5. The summed E-state index contributed by atoms with van der Waals surface area (Å²) in [5.74, 6) is 0.123. The van der Waals surface area contributed by atoms with Gasteiger partial charge in [0.1, 0.15) is 0 Å². The van der Waals surface area contributed by atoms with Crippen molar-refractivity contribution in [3.05, 3.63) is 65.2 Å². The monoisotopic (exact) mass is 375 g/mol. The van der Waals surface area contributed by atoms with E-state index in [1.807, 2.05) is 6.07 Å². The van der Waals surface area contributed by atoms with Crippen LogP contribution in [-0.4, -0.2) is 43.5 Å². The van der Waals surface area contributed by atoms with Gasteiger partial charge in [0.2, 0.25) is 5.91 Å². The largest absolute Gasteiger partial charge is 0.369 e. The van der Waals surface area contributed by atoms with Crippen molar-refractivity contribution in [2.24, 2.45) is 0 Å².